The Morgan fingerprint density at radius 2 is 1.95 bits per heavy atom. The van der Waals surface area contributed by atoms with Crippen LogP contribution in [0.2, 0.25) is 5.02 Å². The van der Waals surface area contributed by atoms with E-state index in [4.69, 9.17) is 16.9 Å². The Kier molecular flexibility index (Phi) is 3.84. The van der Waals surface area contributed by atoms with Crippen LogP contribution in [0.3, 0.4) is 0 Å². The standard InChI is InChI=1S/C15H11ClN2O/c1-18(14-8-3-2-5-12(14)10-17)15(19)11-6-4-7-13(16)9-11/h2-9H,1H3. The van der Waals surface area contributed by atoms with Crippen molar-refractivity contribution in [3.63, 3.8) is 0 Å². The normalized spacial score (nSPS) is 9.74. The number of nitrogens with zero attached hydrogens (tertiary/aromatic N) is 2. The number of para-hydroxylation sites is 1. The molecule has 2 aromatic rings. The van der Waals surface area contributed by atoms with Gasteiger partial charge >= 0.3 is 0 Å². The van der Waals surface area contributed by atoms with Gasteiger partial charge in [0.15, 0.2) is 0 Å². The smallest absolute Gasteiger partial charge is 0.258 e. The van der Waals surface area contributed by atoms with Gasteiger partial charge in [-0.3, -0.25) is 4.79 Å². The van der Waals surface area contributed by atoms with E-state index in [-0.39, 0.29) is 5.91 Å². The monoisotopic (exact) mass is 270 g/mol. The van der Waals surface area contributed by atoms with Crippen molar-refractivity contribution in [1.29, 1.82) is 5.26 Å². The molecule has 0 N–H and O–H groups in total. The topological polar surface area (TPSA) is 44.1 Å². The van der Waals surface area contributed by atoms with Gasteiger partial charge in [-0.15, -0.1) is 0 Å². The van der Waals surface area contributed by atoms with Crippen LogP contribution in [0.5, 0.6) is 0 Å². The molecule has 0 saturated carbocycles. The SMILES string of the molecule is CN(C(=O)c1cccc(Cl)c1)c1ccccc1C#N. The van der Waals surface area contributed by atoms with Gasteiger partial charge in [-0.05, 0) is 30.3 Å². The van der Waals surface area contributed by atoms with E-state index < -0.39 is 0 Å². The highest BCUT2D eigenvalue weighted by molar-refractivity contribution is 6.31. The summed E-state index contributed by atoms with van der Waals surface area (Å²) in [6, 6.07) is 15.8. The molecular formula is C15H11ClN2O. The molecule has 0 radical (unpaired) electrons. The molecule has 0 spiro atoms. The summed E-state index contributed by atoms with van der Waals surface area (Å²) in [7, 11) is 1.64. The molecule has 0 unspecified atom stereocenters. The summed E-state index contributed by atoms with van der Waals surface area (Å²) in [5.41, 5.74) is 1.53. The zero-order valence-electron chi connectivity index (χ0n) is 10.3. The number of rotatable bonds is 2. The predicted octanol–water partition coefficient (Wildman–Crippen LogP) is 3.49. The van der Waals surface area contributed by atoms with Crippen molar-refractivity contribution in [3.05, 3.63) is 64.7 Å². The third-order valence-corrected chi connectivity index (χ3v) is 3.00. The number of hydrogen-bond acceptors (Lipinski definition) is 2. The highest BCUT2D eigenvalue weighted by Gasteiger charge is 2.16. The second-order valence-corrected chi connectivity index (χ2v) is 4.44. The summed E-state index contributed by atoms with van der Waals surface area (Å²) < 4.78 is 0. The molecule has 0 aromatic heterocycles. The van der Waals surface area contributed by atoms with Gasteiger partial charge in [-0.1, -0.05) is 29.8 Å². The first kappa shape index (κ1) is 13.1. The van der Waals surface area contributed by atoms with Crippen LogP contribution in [-0.4, -0.2) is 13.0 Å². The van der Waals surface area contributed by atoms with E-state index in [2.05, 4.69) is 6.07 Å². The molecule has 2 aromatic carbocycles. The van der Waals surface area contributed by atoms with Crippen LogP contribution in [0.25, 0.3) is 0 Å². The minimum absolute atomic E-state index is 0.204. The van der Waals surface area contributed by atoms with Gasteiger partial charge in [0.2, 0.25) is 0 Å². The van der Waals surface area contributed by atoms with Crippen molar-refractivity contribution < 1.29 is 4.79 Å². The van der Waals surface area contributed by atoms with Gasteiger partial charge in [-0.2, -0.15) is 5.26 Å². The number of amides is 1. The summed E-state index contributed by atoms with van der Waals surface area (Å²) >= 11 is 5.88. The third-order valence-electron chi connectivity index (χ3n) is 2.76. The molecule has 4 heteroatoms. The number of halogens is 1. The van der Waals surface area contributed by atoms with Crippen LogP contribution in [0.15, 0.2) is 48.5 Å². The molecule has 0 bridgehead atoms. The second kappa shape index (κ2) is 5.55. The lowest BCUT2D eigenvalue weighted by atomic mass is 10.1. The molecule has 2 rings (SSSR count). The maximum Gasteiger partial charge on any atom is 0.258 e. The van der Waals surface area contributed by atoms with Gasteiger partial charge in [0.25, 0.3) is 5.91 Å². The van der Waals surface area contributed by atoms with E-state index in [9.17, 15) is 4.79 Å². The summed E-state index contributed by atoms with van der Waals surface area (Å²) in [4.78, 5) is 13.8. The van der Waals surface area contributed by atoms with Crippen LogP contribution in [0.4, 0.5) is 5.69 Å². The lowest BCUT2D eigenvalue weighted by Crippen LogP contribution is -2.26. The van der Waals surface area contributed by atoms with Crippen LogP contribution < -0.4 is 4.90 Å². The first-order valence-electron chi connectivity index (χ1n) is 5.66. The van der Waals surface area contributed by atoms with Gasteiger partial charge < -0.3 is 4.90 Å². The van der Waals surface area contributed by atoms with E-state index in [0.29, 0.717) is 21.8 Å². The van der Waals surface area contributed by atoms with Crippen LogP contribution >= 0.6 is 11.6 Å². The van der Waals surface area contributed by atoms with Crippen LogP contribution in [0.1, 0.15) is 15.9 Å². The zero-order valence-corrected chi connectivity index (χ0v) is 11.1. The summed E-state index contributed by atoms with van der Waals surface area (Å²) in [6.45, 7) is 0. The molecule has 0 aliphatic rings. The summed E-state index contributed by atoms with van der Waals surface area (Å²) in [6.07, 6.45) is 0. The van der Waals surface area contributed by atoms with E-state index in [1.807, 2.05) is 0 Å². The highest BCUT2D eigenvalue weighted by atomic mass is 35.5. The van der Waals surface area contributed by atoms with Crippen molar-refractivity contribution >= 4 is 23.2 Å². The Morgan fingerprint density at radius 1 is 1.21 bits per heavy atom. The van der Waals surface area contributed by atoms with Crippen molar-refractivity contribution in [3.8, 4) is 6.07 Å². The fourth-order valence-corrected chi connectivity index (χ4v) is 1.98. The maximum atomic E-state index is 12.3. The van der Waals surface area contributed by atoms with Gasteiger partial charge in [0.05, 0.1) is 11.3 Å². The van der Waals surface area contributed by atoms with Gasteiger partial charge in [0.1, 0.15) is 6.07 Å². The van der Waals surface area contributed by atoms with E-state index in [1.54, 1.807) is 55.6 Å². The third kappa shape index (κ3) is 2.75. The Hall–Kier alpha value is -2.31. The average Bonchev–Trinajstić information content (AvgIpc) is 2.45. The van der Waals surface area contributed by atoms with Crippen molar-refractivity contribution in [2.45, 2.75) is 0 Å². The largest absolute Gasteiger partial charge is 0.310 e. The van der Waals surface area contributed by atoms with Crippen LogP contribution in [-0.2, 0) is 0 Å². The number of benzene rings is 2. The zero-order chi connectivity index (χ0) is 13.8. The van der Waals surface area contributed by atoms with Crippen molar-refractivity contribution in [2.75, 3.05) is 11.9 Å². The lowest BCUT2D eigenvalue weighted by Gasteiger charge is -2.18. The maximum absolute atomic E-state index is 12.3. The Balaban J connectivity index is 2.37. The number of nitriles is 1. The Labute approximate surface area is 116 Å². The number of anilines is 1. The first-order valence-corrected chi connectivity index (χ1v) is 6.04. The molecule has 94 valence electrons. The number of hydrogen-bond donors (Lipinski definition) is 0. The lowest BCUT2D eigenvalue weighted by molar-refractivity contribution is 0.0993. The summed E-state index contributed by atoms with van der Waals surface area (Å²) in [5.74, 6) is -0.204. The van der Waals surface area contributed by atoms with E-state index in [0.717, 1.165) is 0 Å². The minimum atomic E-state index is -0.204. The fraction of sp³-hybridized carbons (Fsp3) is 0.0667. The van der Waals surface area contributed by atoms with Gasteiger partial charge in [-0.25, -0.2) is 0 Å². The number of carbonyl (C=O) groups is 1. The predicted molar refractivity (Wildman–Crippen MR) is 75.3 cm³/mol. The molecular weight excluding hydrogens is 260 g/mol. The van der Waals surface area contributed by atoms with E-state index >= 15 is 0 Å². The molecule has 19 heavy (non-hydrogen) atoms. The quantitative estimate of drug-likeness (QED) is 0.838. The molecule has 1 amide bonds. The van der Waals surface area contributed by atoms with Crippen molar-refractivity contribution in [2.24, 2.45) is 0 Å². The Bertz CT molecular complexity index is 661. The fourth-order valence-electron chi connectivity index (χ4n) is 1.79. The van der Waals surface area contributed by atoms with Gasteiger partial charge in [0, 0.05) is 17.6 Å². The first-order chi connectivity index (χ1) is 9.13. The minimum Gasteiger partial charge on any atom is -0.310 e. The van der Waals surface area contributed by atoms with Crippen LogP contribution in [0, 0.1) is 11.3 Å². The highest BCUT2D eigenvalue weighted by Crippen LogP contribution is 2.21. The molecule has 0 aliphatic heterocycles. The molecule has 0 aliphatic carbocycles. The molecule has 0 heterocycles. The van der Waals surface area contributed by atoms with E-state index in [1.165, 1.54) is 4.90 Å². The number of carbonyl (C=O) groups excluding carboxylic acids is 1. The summed E-state index contributed by atoms with van der Waals surface area (Å²) in [5, 5.41) is 9.56. The molecule has 0 atom stereocenters. The van der Waals surface area contributed by atoms with Crippen molar-refractivity contribution in [1.82, 2.24) is 0 Å². The Morgan fingerprint density at radius 3 is 2.63 bits per heavy atom. The average molecular weight is 271 g/mol. The molecule has 0 fully saturated rings. The molecule has 3 nitrogen and oxygen atoms in total. The molecule has 0 saturated heterocycles. The second-order valence-electron chi connectivity index (χ2n) is 4.00.